The van der Waals surface area contributed by atoms with E-state index in [0.29, 0.717) is 22.6 Å². The standard InChI is InChI=1S/C22H18N2O5/c1-15(21(25)16-5-3-2-4-6-16)29-20-13-9-18(10-14-20)23-22(26)17-7-11-19(12-8-17)24(27)28/h2-15H,1H3,(H,23,26). The monoisotopic (exact) mass is 390 g/mol. The van der Waals surface area contributed by atoms with E-state index in [2.05, 4.69) is 5.32 Å². The van der Waals surface area contributed by atoms with Gasteiger partial charge in [-0.3, -0.25) is 19.7 Å². The van der Waals surface area contributed by atoms with Crippen LogP contribution in [0.25, 0.3) is 0 Å². The van der Waals surface area contributed by atoms with Crippen molar-refractivity contribution in [3.63, 3.8) is 0 Å². The van der Waals surface area contributed by atoms with E-state index >= 15 is 0 Å². The summed E-state index contributed by atoms with van der Waals surface area (Å²) in [6, 6.07) is 20.8. The maximum Gasteiger partial charge on any atom is 0.269 e. The molecule has 1 unspecified atom stereocenters. The van der Waals surface area contributed by atoms with Gasteiger partial charge < -0.3 is 10.1 Å². The largest absolute Gasteiger partial charge is 0.483 e. The number of carbonyl (C=O) groups excluding carboxylic acids is 2. The lowest BCUT2D eigenvalue weighted by atomic mass is 10.1. The average Bonchev–Trinajstić information content (AvgIpc) is 2.75. The Morgan fingerprint density at radius 3 is 2.10 bits per heavy atom. The summed E-state index contributed by atoms with van der Waals surface area (Å²) < 4.78 is 5.68. The summed E-state index contributed by atoms with van der Waals surface area (Å²) in [5, 5.41) is 13.4. The quantitative estimate of drug-likeness (QED) is 0.364. The van der Waals surface area contributed by atoms with Crippen LogP contribution in [0, 0.1) is 10.1 Å². The molecule has 3 aromatic rings. The normalized spacial score (nSPS) is 11.3. The molecule has 3 aromatic carbocycles. The van der Waals surface area contributed by atoms with E-state index in [4.69, 9.17) is 4.74 Å². The summed E-state index contributed by atoms with van der Waals surface area (Å²) >= 11 is 0. The number of benzene rings is 3. The first-order chi connectivity index (χ1) is 13.9. The lowest BCUT2D eigenvalue weighted by Crippen LogP contribution is -2.23. The molecule has 0 bridgehead atoms. The van der Waals surface area contributed by atoms with Gasteiger partial charge in [0.15, 0.2) is 6.10 Å². The number of Topliss-reactive ketones (excluding diaryl/α,β-unsaturated/α-hetero) is 1. The van der Waals surface area contributed by atoms with Gasteiger partial charge in [-0.15, -0.1) is 0 Å². The molecule has 0 saturated carbocycles. The number of non-ortho nitro benzene ring substituents is 1. The van der Waals surface area contributed by atoms with Crippen molar-refractivity contribution in [3.8, 4) is 5.75 Å². The molecule has 7 nitrogen and oxygen atoms in total. The summed E-state index contributed by atoms with van der Waals surface area (Å²) in [7, 11) is 0. The van der Waals surface area contributed by atoms with Crippen molar-refractivity contribution in [1.29, 1.82) is 0 Å². The van der Waals surface area contributed by atoms with Gasteiger partial charge in [-0.25, -0.2) is 0 Å². The average molecular weight is 390 g/mol. The number of carbonyl (C=O) groups is 2. The Hall–Kier alpha value is -4.00. The van der Waals surface area contributed by atoms with E-state index < -0.39 is 11.0 Å². The van der Waals surface area contributed by atoms with Crippen LogP contribution in [0.4, 0.5) is 11.4 Å². The molecule has 7 heteroatoms. The maximum absolute atomic E-state index is 12.4. The third kappa shape index (κ3) is 5.04. The number of nitrogens with one attached hydrogen (secondary N) is 1. The molecule has 0 saturated heterocycles. The third-order valence-electron chi connectivity index (χ3n) is 4.19. The lowest BCUT2D eigenvalue weighted by Gasteiger charge is -2.14. The zero-order chi connectivity index (χ0) is 20.8. The van der Waals surface area contributed by atoms with Crippen molar-refractivity contribution in [2.24, 2.45) is 0 Å². The van der Waals surface area contributed by atoms with E-state index in [9.17, 15) is 19.7 Å². The van der Waals surface area contributed by atoms with Gasteiger partial charge in [-0.05, 0) is 43.3 Å². The van der Waals surface area contributed by atoms with E-state index in [1.54, 1.807) is 55.5 Å². The molecule has 0 aliphatic rings. The fourth-order valence-electron chi connectivity index (χ4n) is 2.65. The van der Waals surface area contributed by atoms with Crippen molar-refractivity contribution in [2.75, 3.05) is 5.32 Å². The predicted octanol–water partition coefficient (Wildman–Crippen LogP) is 4.50. The Morgan fingerprint density at radius 1 is 0.897 bits per heavy atom. The van der Waals surface area contributed by atoms with Crippen LogP contribution in [0.5, 0.6) is 5.75 Å². The van der Waals surface area contributed by atoms with Gasteiger partial charge in [0.2, 0.25) is 5.78 Å². The highest BCUT2D eigenvalue weighted by Crippen LogP contribution is 2.19. The van der Waals surface area contributed by atoms with Gasteiger partial charge in [0, 0.05) is 28.9 Å². The zero-order valence-electron chi connectivity index (χ0n) is 15.6. The second-order valence-corrected chi connectivity index (χ2v) is 6.27. The topological polar surface area (TPSA) is 98.5 Å². The highest BCUT2D eigenvalue weighted by atomic mass is 16.6. The van der Waals surface area contributed by atoms with Crippen LogP contribution in [-0.4, -0.2) is 22.7 Å². The molecular formula is C22H18N2O5. The van der Waals surface area contributed by atoms with Crippen LogP contribution in [-0.2, 0) is 0 Å². The number of rotatable bonds is 7. The molecule has 0 radical (unpaired) electrons. The van der Waals surface area contributed by atoms with Crippen LogP contribution in [0.3, 0.4) is 0 Å². The third-order valence-corrected chi connectivity index (χ3v) is 4.19. The number of ether oxygens (including phenoxy) is 1. The Labute approximate surface area is 167 Å². The molecule has 29 heavy (non-hydrogen) atoms. The van der Waals surface area contributed by atoms with Gasteiger partial charge in [-0.2, -0.15) is 0 Å². The first kappa shape index (κ1) is 19.8. The number of ketones is 1. The summed E-state index contributed by atoms with van der Waals surface area (Å²) in [6.07, 6.45) is -0.655. The molecular weight excluding hydrogens is 372 g/mol. The van der Waals surface area contributed by atoms with Gasteiger partial charge in [0.1, 0.15) is 5.75 Å². The molecule has 0 fully saturated rings. The van der Waals surface area contributed by atoms with E-state index in [0.717, 1.165) is 0 Å². The number of hydrogen-bond acceptors (Lipinski definition) is 5. The minimum atomic E-state index is -0.655. The lowest BCUT2D eigenvalue weighted by molar-refractivity contribution is -0.384. The van der Waals surface area contributed by atoms with Gasteiger partial charge >= 0.3 is 0 Å². The molecule has 1 amide bonds. The van der Waals surface area contributed by atoms with Crippen molar-refractivity contribution in [3.05, 3.63) is 100 Å². The number of nitro groups is 1. The van der Waals surface area contributed by atoms with Gasteiger partial charge in [0.25, 0.3) is 11.6 Å². The van der Waals surface area contributed by atoms with Crippen molar-refractivity contribution in [1.82, 2.24) is 0 Å². The van der Waals surface area contributed by atoms with Crippen LogP contribution >= 0.6 is 0 Å². The molecule has 1 N–H and O–H groups in total. The molecule has 146 valence electrons. The van der Waals surface area contributed by atoms with Crippen LogP contribution < -0.4 is 10.1 Å². The van der Waals surface area contributed by atoms with E-state index in [1.165, 1.54) is 24.3 Å². The fraction of sp³-hybridized carbons (Fsp3) is 0.0909. The summed E-state index contributed by atoms with van der Waals surface area (Å²) in [4.78, 5) is 34.8. The van der Waals surface area contributed by atoms with Crippen LogP contribution in [0.2, 0.25) is 0 Å². The summed E-state index contributed by atoms with van der Waals surface area (Å²) in [5.41, 5.74) is 1.33. The predicted molar refractivity (Wildman–Crippen MR) is 108 cm³/mol. The highest BCUT2D eigenvalue weighted by molar-refractivity contribution is 6.04. The fourth-order valence-corrected chi connectivity index (χ4v) is 2.65. The SMILES string of the molecule is CC(Oc1ccc(NC(=O)c2ccc([N+](=O)[O-])cc2)cc1)C(=O)c1ccccc1. The van der Waals surface area contributed by atoms with Crippen molar-refractivity contribution >= 4 is 23.1 Å². The van der Waals surface area contributed by atoms with E-state index in [1.807, 2.05) is 6.07 Å². The summed E-state index contributed by atoms with van der Waals surface area (Å²) in [6.45, 7) is 1.68. The number of nitrogens with zero attached hydrogens (tertiary/aromatic N) is 1. The summed E-state index contributed by atoms with van der Waals surface area (Å²) in [5.74, 6) is -0.0162. The first-order valence-corrected chi connectivity index (χ1v) is 8.86. The maximum atomic E-state index is 12.4. The van der Waals surface area contributed by atoms with Crippen molar-refractivity contribution in [2.45, 2.75) is 13.0 Å². The molecule has 3 rings (SSSR count). The molecule has 1 atom stereocenters. The molecule has 0 aliphatic carbocycles. The Balaban J connectivity index is 1.60. The number of nitro benzene ring substituents is 1. The van der Waals surface area contributed by atoms with E-state index in [-0.39, 0.29) is 17.4 Å². The smallest absolute Gasteiger partial charge is 0.269 e. The molecule has 0 aromatic heterocycles. The first-order valence-electron chi connectivity index (χ1n) is 8.86. The number of amides is 1. The second kappa shape index (κ2) is 8.79. The molecule has 0 spiro atoms. The Kier molecular flexibility index (Phi) is 5.99. The van der Waals surface area contributed by atoms with Gasteiger partial charge in [0.05, 0.1) is 4.92 Å². The van der Waals surface area contributed by atoms with Crippen LogP contribution in [0.1, 0.15) is 27.6 Å². The molecule has 0 heterocycles. The highest BCUT2D eigenvalue weighted by Gasteiger charge is 2.16. The minimum absolute atomic E-state index is 0.0813. The van der Waals surface area contributed by atoms with Crippen LogP contribution in [0.15, 0.2) is 78.9 Å². The minimum Gasteiger partial charge on any atom is -0.483 e. The van der Waals surface area contributed by atoms with Crippen molar-refractivity contribution < 1.29 is 19.2 Å². The second-order valence-electron chi connectivity index (χ2n) is 6.27. The number of anilines is 1. The Bertz CT molecular complexity index is 1020. The Morgan fingerprint density at radius 2 is 1.52 bits per heavy atom. The van der Waals surface area contributed by atoms with Gasteiger partial charge in [-0.1, -0.05) is 30.3 Å². The molecule has 0 aliphatic heterocycles. The zero-order valence-corrected chi connectivity index (χ0v) is 15.6. The number of hydrogen-bond donors (Lipinski definition) is 1.